The number of nitrogens with zero attached hydrogens (tertiary/aromatic N) is 1. The van der Waals surface area contributed by atoms with Gasteiger partial charge in [-0.15, -0.1) is 6.42 Å². The molecule has 172 valence electrons. The van der Waals surface area contributed by atoms with Crippen molar-refractivity contribution in [2.45, 2.75) is 51.4 Å². The van der Waals surface area contributed by atoms with Crippen LogP contribution in [0.2, 0.25) is 0 Å². The molecule has 0 radical (unpaired) electrons. The summed E-state index contributed by atoms with van der Waals surface area (Å²) in [5, 5.41) is 33.6. The smallest absolute Gasteiger partial charge is 0.352 e. The molecule has 0 aromatic carbocycles. The molecule has 2 rings (SSSR count). The van der Waals surface area contributed by atoms with Gasteiger partial charge in [-0.25, -0.2) is 4.79 Å². The van der Waals surface area contributed by atoms with Gasteiger partial charge in [-0.2, -0.15) is 0 Å². The number of terminal acetylenes is 1. The van der Waals surface area contributed by atoms with E-state index in [9.17, 15) is 19.8 Å². The van der Waals surface area contributed by atoms with Crippen LogP contribution in [0, 0.1) is 17.0 Å². The van der Waals surface area contributed by atoms with Crippen molar-refractivity contribution in [2.75, 3.05) is 20.8 Å². The third kappa shape index (κ3) is 9.14. The molecule has 1 aliphatic rings. The van der Waals surface area contributed by atoms with Crippen molar-refractivity contribution in [1.29, 1.82) is 0 Å². The average molecular weight is 450 g/mol. The number of nitrogens with one attached hydrogen (secondary N) is 1. The van der Waals surface area contributed by atoms with Gasteiger partial charge in [-0.1, -0.05) is 38.4 Å². The van der Waals surface area contributed by atoms with E-state index in [2.05, 4.69) is 29.5 Å². The van der Waals surface area contributed by atoms with E-state index in [4.69, 9.17) is 39.3 Å². The molecule has 1 aromatic rings. The Morgan fingerprint density at radius 2 is 1.93 bits per heavy atom. The molecule has 1 aromatic heterocycles. The summed E-state index contributed by atoms with van der Waals surface area (Å²) in [4.78, 5) is 25.4. The molecule has 7 N–H and O–H groups in total. The molecule has 1 fully saturated rings. The largest absolute Gasteiger partial charge is 0.405 e. The number of H-pyrrole nitrogens is 1. The van der Waals surface area contributed by atoms with Gasteiger partial charge >= 0.3 is 17.6 Å². The van der Waals surface area contributed by atoms with E-state index in [-0.39, 0.29) is 17.5 Å². The van der Waals surface area contributed by atoms with Crippen LogP contribution >= 0.6 is 12.2 Å². The number of aromatic nitrogens is 2. The third-order valence-electron chi connectivity index (χ3n) is 3.28. The second-order valence-corrected chi connectivity index (χ2v) is 5.96. The summed E-state index contributed by atoms with van der Waals surface area (Å²) in [6.07, 6.45) is 6.22. The van der Waals surface area contributed by atoms with Gasteiger partial charge in [-0.05, 0) is 12.8 Å². The van der Waals surface area contributed by atoms with Crippen molar-refractivity contribution in [1.82, 2.24) is 9.55 Å². The van der Waals surface area contributed by atoms with Crippen molar-refractivity contribution in [3.05, 3.63) is 26.9 Å². The van der Waals surface area contributed by atoms with Gasteiger partial charge in [0.15, 0.2) is 6.10 Å². The molecule has 11 nitrogen and oxygen atoms in total. The molecule has 2 heterocycles. The van der Waals surface area contributed by atoms with Crippen molar-refractivity contribution in [2.24, 2.45) is 5.73 Å². The van der Waals surface area contributed by atoms with E-state index in [0.717, 1.165) is 18.8 Å². The zero-order valence-electron chi connectivity index (χ0n) is 17.5. The fourth-order valence-corrected chi connectivity index (χ4v) is 2.38. The van der Waals surface area contributed by atoms with Crippen LogP contribution in [-0.2, 0) is 14.3 Å². The number of aliphatic hydroxyl groups excluding tert-OH is 2. The Hall–Kier alpha value is -2.11. The van der Waals surface area contributed by atoms with E-state index in [0.29, 0.717) is 5.56 Å². The summed E-state index contributed by atoms with van der Waals surface area (Å²) in [6, 6.07) is 0. The molecule has 1 aliphatic heterocycles. The third-order valence-corrected chi connectivity index (χ3v) is 3.60. The molecule has 0 amide bonds. The normalized spacial score (nSPS) is 17.1. The quantitative estimate of drug-likeness (QED) is 0.149. The molecule has 0 aliphatic carbocycles. The Morgan fingerprint density at radius 3 is 2.40 bits per heavy atom. The standard InChI is InChI=1S/C13H15N3O6S.C3H8.2CH4O/c1-2-7-6-16(12(18)15-11(7)23)9-4-3-8(21-9)13(19,20)22-10(17)5-14;1-3-2;2*1-2/h1,6,8-9,19-20H,3-5,14H2,(H,15,18,23);3H2,1-2H3;2*2H,1H3. The maximum absolute atomic E-state index is 11.9. The number of carbonyl (C=O) groups excluding carboxylic acids is 1. The second-order valence-electron chi connectivity index (χ2n) is 5.55. The van der Waals surface area contributed by atoms with Crippen LogP contribution in [0.3, 0.4) is 0 Å². The van der Waals surface area contributed by atoms with Crippen molar-refractivity contribution < 1.29 is 34.7 Å². The van der Waals surface area contributed by atoms with Crippen LogP contribution in [0.4, 0.5) is 0 Å². The highest BCUT2D eigenvalue weighted by atomic mass is 32.1. The summed E-state index contributed by atoms with van der Waals surface area (Å²) < 4.78 is 11.1. The van der Waals surface area contributed by atoms with Gasteiger partial charge < -0.3 is 35.6 Å². The van der Waals surface area contributed by atoms with E-state index in [1.165, 1.54) is 12.6 Å². The Bertz CT molecular complexity index is 785. The molecule has 1 saturated heterocycles. The molecule has 0 saturated carbocycles. The lowest BCUT2D eigenvalue weighted by molar-refractivity contribution is -0.362. The number of carbonyl (C=O) groups is 1. The summed E-state index contributed by atoms with van der Waals surface area (Å²) in [5.41, 5.74) is 4.78. The molecule has 0 spiro atoms. The number of aromatic amines is 1. The zero-order valence-corrected chi connectivity index (χ0v) is 18.3. The number of aliphatic hydroxyl groups is 4. The van der Waals surface area contributed by atoms with Crippen molar-refractivity contribution in [3.8, 4) is 12.3 Å². The minimum atomic E-state index is -2.84. The van der Waals surface area contributed by atoms with Gasteiger partial charge in [0, 0.05) is 20.4 Å². The zero-order chi connectivity index (χ0) is 23.9. The summed E-state index contributed by atoms with van der Waals surface area (Å²) in [7, 11) is 2.00. The summed E-state index contributed by atoms with van der Waals surface area (Å²) in [5.74, 6) is -1.52. The predicted octanol–water partition coefficient (Wildman–Crippen LogP) is -0.662. The van der Waals surface area contributed by atoms with E-state index in [1.54, 1.807) is 0 Å². The minimum absolute atomic E-state index is 0.124. The lowest BCUT2D eigenvalue weighted by atomic mass is 10.2. The first-order valence-electron chi connectivity index (χ1n) is 8.93. The highest BCUT2D eigenvalue weighted by Gasteiger charge is 2.45. The highest BCUT2D eigenvalue weighted by Crippen LogP contribution is 2.32. The van der Waals surface area contributed by atoms with E-state index < -0.39 is 36.5 Å². The Morgan fingerprint density at radius 1 is 1.40 bits per heavy atom. The average Bonchev–Trinajstić information content (AvgIpc) is 3.22. The van der Waals surface area contributed by atoms with Gasteiger partial charge in [-0.3, -0.25) is 14.3 Å². The molecule has 30 heavy (non-hydrogen) atoms. The Balaban J connectivity index is 0. The first kappa shape index (κ1) is 30.1. The first-order valence-corrected chi connectivity index (χ1v) is 9.34. The number of rotatable bonds is 4. The van der Waals surface area contributed by atoms with Crippen LogP contribution in [0.15, 0.2) is 11.0 Å². The molecule has 0 bridgehead atoms. The lowest BCUT2D eigenvalue weighted by Crippen LogP contribution is -2.47. The summed E-state index contributed by atoms with van der Waals surface area (Å²) >= 11 is 4.91. The molecular formula is C18H31N3O8S. The Kier molecular flexibility index (Phi) is 15.7. The van der Waals surface area contributed by atoms with Gasteiger partial charge in [0.1, 0.15) is 10.9 Å². The molecule has 2 atom stereocenters. The topological polar surface area (TPSA) is 180 Å². The number of ether oxygens (including phenoxy) is 2. The minimum Gasteiger partial charge on any atom is -0.405 e. The van der Waals surface area contributed by atoms with Crippen molar-refractivity contribution in [3.63, 3.8) is 0 Å². The van der Waals surface area contributed by atoms with Gasteiger partial charge in [0.25, 0.3) is 0 Å². The fourth-order valence-electron chi connectivity index (χ4n) is 2.18. The second kappa shape index (κ2) is 15.7. The van der Waals surface area contributed by atoms with E-state index in [1.807, 2.05) is 0 Å². The number of nitrogens with two attached hydrogens (primary N) is 1. The monoisotopic (exact) mass is 449 g/mol. The number of hydrogen-bond donors (Lipinski definition) is 6. The lowest BCUT2D eigenvalue weighted by Gasteiger charge is -2.27. The summed E-state index contributed by atoms with van der Waals surface area (Å²) in [6.45, 7) is 3.74. The van der Waals surface area contributed by atoms with Gasteiger partial charge in [0.2, 0.25) is 0 Å². The van der Waals surface area contributed by atoms with Crippen LogP contribution in [0.25, 0.3) is 0 Å². The van der Waals surface area contributed by atoms with Crippen molar-refractivity contribution >= 4 is 18.2 Å². The predicted molar refractivity (Wildman–Crippen MR) is 112 cm³/mol. The highest BCUT2D eigenvalue weighted by molar-refractivity contribution is 7.71. The first-order chi connectivity index (χ1) is 14.2. The SMILES string of the molecule is C#Cc1cn(C2CCC(C(O)(O)OC(=O)CN)O2)c(=O)[nH]c1=S.CCC.CO.CO. The number of esters is 1. The molecule has 12 heteroatoms. The van der Waals surface area contributed by atoms with Crippen LogP contribution in [0.1, 0.15) is 44.9 Å². The van der Waals surface area contributed by atoms with Gasteiger partial charge in [0.05, 0.1) is 12.1 Å². The molecular weight excluding hydrogens is 418 g/mol. The van der Waals surface area contributed by atoms with Crippen LogP contribution in [0.5, 0.6) is 0 Å². The van der Waals surface area contributed by atoms with Crippen LogP contribution in [-0.4, -0.2) is 68.8 Å². The Labute approximate surface area is 180 Å². The molecule has 2 unspecified atom stereocenters. The van der Waals surface area contributed by atoms with E-state index >= 15 is 0 Å². The maximum atomic E-state index is 11.9. The van der Waals surface area contributed by atoms with Crippen LogP contribution < -0.4 is 11.4 Å². The number of hydrogen-bond acceptors (Lipinski definition) is 10. The fraction of sp³-hybridized carbons (Fsp3) is 0.611. The maximum Gasteiger partial charge on any atom is 0.352 e.